The molecule has 0 amide bonds. The molecule has 1 aromatic heterocycles. The molecule has 0 unspecified atom stereocenters. The number of pyridine rings is 1. The van der Waals surface area contributed by atoms with Gasteiger partial charge in [0.05, 0.1) is 7.11 Å². The molecule has 76 valence electrons. The Kier molecular flexibility index (Phi) is 3.41. The van der Waals surface area contributed by atoms with Gasteiger partial charge in [0.2, 0.25) is 0 Å². The van der Waals surface area contributed by atoms with Crippen LogP contribution in [0.25, 0.3) is 0 Å². The van der Waals surface area contributed by atoms with Crippen molar-refractivity contribution in [1.82, 2.24) is 4.98 Å². The lowest BCUT2D eigenvalue weighted by atomic mass is 10.1. The highest BCUT2D eigenvalue weighted by molar-refractivity contribution is 5.75. The molecule has 1 atom stereocenters. The fourth-order valence-electron chi connectivity index (χ4n) is 1.07. The topological polar surface area (TPSA) is 91.2 Å². The predicted molar refractivity (Wildman–Crippen MR) is 52.3 cm³/mol. The number of esters is 1. The van der Waals surface area contributed by atoms with E-state index < -0.39 is 12.0 Å². The smallest absolute Gasteiger partial charge is 0.323 e. The number of nitrogens with two attached hydrogens (primary N) is 2. The Hall–Kier alpha value is -1.62. The minimum atomic E-state index is -0.686. The SMILES string of the molecule is COC(=O)[C@@H](N)Cc1cccc(N)n1. The molecule has 14 heavy (non-hydrogen) atoms. The first-order chi connectivity index (χ1) is 6.63. The van der Waals surface area contributed by atoms with Gasteiger partial charge in [0.1, 0.15) is 11.9 Å². The van der Waals surface area contributed by atoms with Gasteiger partial charge in [-0.3, -0.25) is 4.79 Å². The molecule has 1 heterocycles. The number of nitrogen functional groups attached to an aromatic ring is 1. The Bertz CT molecular complexity index is 328. The van der Waals surface area contributed by atoms with E-state index >= 15 is 0 Å². The molecule has 5 nitrogen and oxygen atoms in total. The number of nitrogens with zero attached hydrogens (tertiary/aromatic N) is 1. The molecule has 0 saturated carbocycles. The molecular weight excluding hydrogens is 182 g/mol. The molecule has 0 radical (unpaired) electrons. The lowest BCUT2D eigenvalue weighted by Crippen LogP contribution is -2.33. The van der Waals surface area contributed by atoms with Gasteiger partial charge in [0, 0.05) is 12.1 Å². The van der Waals surface area contributed by atoms with E-state index in [2.05, 4.69) is 9.72 Å². The van der Waals surface area contributed by atoms with Crippen molar-refractivity contribution in [3.63, 3.8) is 0 Å². The number of carbonyl (C=O) groups is 1. The second kappa shape index (κ2) is 4.57. The minimum absolute atomic E-state index is 0.331. The Morgan fingerprint density at radius 3 is 2.93 bits per heavy atom. The molecule has 0 aliphatic rings. The van der Waals surface area contributed by atoms with Crippen molar-refractivity contribution in [3.05, 3.63) is 23.9 Å². The number of aromatic nitrogens is 1. The molecule has 5 heteroatoms. The van der Waals surface area contributed by atoms with Gasteiger partial charge in [-0.05, 0) is 12.1 Å². The van der Waals surface area contributed by atoms with Gasteiger partial charge in [-0.2, -0.15) is 0 Å². The maximum absolute atomic E-state index is 11.0. The maximum atomic E-state index is 11.0. The standard InChI is InChI=1S/C9H13N3O2/c1-14-9(13)7(10)5-6-3-2-4-8(11)12-6/h2-4,7H,5,10H2,1H3,(H2,11,12)/t7-/m0/s1. The molecule has 0 aromatic carbocycles. The zero-order valence-corrected chi connectivity index (χ0v) is 7.93. The first-order valence-electron chi connectivity index (χ1n) is 4.18. The quantitative estimate of drug-likeness (QED) is 0.646. The van der Waals surface area contributed by atoms with Crippen LogP contribution >= 0.6 is 0 Å². The van der Waals surface area contributed by atoms with E-state index in [0.29, 0.717) is 17.9 Å². The van der Waals surface area contributed by atoms with Crippen molar-refractivity contribution in [1.29, 1.82) is 0 Å². The minimum Gasteiger partial charge on any atom is -0.468 e. The summed E-state index contributed by atoms with van der Waals surface area (Å²) in [6.45, 7) is 0. The molecule has 1 rings (SSSR count). The fourth-order valence-corrected chi connectivity index (χ4v) is 1.07. The van der Waals surface area contributed by atoms with Crippen LogP contribution in [0.1, 0.15) is 5.69 Å². The van der Waals surface area contributed by atoms with Gasteiger partial charge in [0.15, 0.2) is 0 Å². The van der Waals surface area contributed by atoms with Crippen molar-refractivity contribution in [2.75, 3.05) is 12.8 Å². The summed E-state index contributed by atoms with van der Waals surface area (Å²) in [4.78, 5) is 15.0. The van der Waals surface area contributed by atoms with E-state index in [9.17, 15) is 4.79 Å². The van der Waals surface area contributed by atoms with Crippen molar-refractivity contribution < 1.29 is 9.53 Å². The van der Waals surface area contributed by atoms with Crippen molar-refractivity contribution in [3.8, 4) is 0 Å². The van der Waals surface area contributed by atoms with Crippen molar-refractivity contribution >= 4 is 11.8 Å². The lowest BCUT2D eigenvalue weighted by molar-refractivity contribution is -0.142. The molecule has 1 aromatic rings. The van der Waals surface area contributed by atoms with Crippen LogP contribution in [0.2, 0.25) is 0 Å². The molecule has 0 fully saturated rings. The predicted octanol–water partition coefficient (Wildman–Crippen LogP) is -0.293. The van der Waals surface area contributed by atoms with Gasteiger partial charge < -0.3 is 16.2 Å². The summed E-state index contributed by atoms with van der Waals surface area (Å²) in [6.07, 6.45) is 0.331. The van der Waals surface area contributed by atoms with Crippen LogP contribution < -0.4 is 11.5 Å². The molecule has 0 spiro atoms. The monoisotopic (exact) mass is 195 g/mol. The van der Waals surface area contributed by atoms with E-state index in [1.807, 2.05) is 0 Å². The average Bonchev–Trinajstić information content (AvgIpc) is 2.16. The number of anilines is 1. The van der Waals surface area contributed by atoms with Crippen molar-refractivity contribution in [2.24, 2.45) is 5.73 Å². The van der Waals surface area contributed by atoms with Gasteiger partial charge in [-0.1, -0.05) is 6.07 Å². The van der Waals surface area contributed by atoms with Crippen LogP contribution in [-0.2, 0) is 16.0 Å². The summed E-state index contributed by atoms with van der Waals surface area (Å²) in [7, 11) is 1.30. The Balaban J connectivity index is 2.64. The summed E-state index contributed by atoms with van der Waals surface area (Å²) in [5, 5.41) is 0. The highest BCUT2D eigenvalue weighted by atomic mass is 16.5. The maximum Gasteiger partial charge on any atom is 0.323 e. The molecule has 0 saturated heterocycles. The van der Waals surface area contributed by atoms with Gasteiger partial charge in [0.25, 0.3) is 0 Å². The third kappa shape index (κ3) is 2.70. The third-order valence-electron chi connectivity index (χ3n) is 1.76. The number of carbonyl (C=O) groups excluding carboxylic acids is 1. The number of hydrogen-bond acceptors (Lipinski definition) is 5. The Morgan fingerprint density at radius 1 is 1.64 bits per heavy atom. The summed E-state index contributed by atoms with van der Waals surface area (Å²) in [5.41, 5.74) is 11.7. The van der Waals surface area contributed by atoms with E-state index in [4.69, 9.17) is 11.5 Å². The zero-order valence-electron chi connectivity index (χ0n) is 7.93. The van der Waals surface area contributed by atoms with Crippen molar-refractivity contribution in [2.45, 2.75) is 12.5 Å². The summed E-state index contributed by atoms with van der Waals surface area (Å²) in [5.74, 6) is -0.0335. The highest BCUT2D eigenvalue weighted by Crippen LogP contribution is 2.03. The van der Waals surface area contributed by atoms with E-state index in [-0.39, 0.29) is 0 Å². The first kappa shape index (κ1) is 10.5. The fraction of sp³-hybridized carbons (Fsp3) is 0.333. The van der Waals surface area contributed by atoms with E-state index in [1.54, 1.807) is 18.2 Å². The Morgan fingerprint density at radius 2 is 2.36 bits per heavy atom. The second-order valence-corrected chi connectivity index (χ2v) is 2.89. The first-order valence-corrected chi connectivity index (χ1v) is 4.18. The number of rotatable bonds is 3. The van der Waals surface area contributed by atoms with Crippen LogP contribution in [0, 0.1) is 0 Å². The van der Waals surface area contributed by atoms with Gasteiger partial charge >= 0.3 is 5.97 Å². The summed E-state index contributed by atoms with van der Waals surface area (Å²) < 4.78 is 4.49. The zero-order chi connectivity index (χ0) is 10.6. The van der Waals surface area contributed by atoms with Crippen LogP contribution in [0.15, 0.2) is 18.2 Å². The van der Waals surface area contributed by atoms with E-state index in [1.165, 1.54) is 7.11 Å². The molecule has 0 aliphatic heterocycles. The third-order valence-corrected chi connectivity index (χ3v) is 1.76. The van der Waals surface area contributed by atoms with Crippen LogP contribution in [0.3, 0.4) is 0 Å². The van der Waals surface area contributed by atoms with Gasteiger partial charge in [-0.25, -0.2) is 4.98 Å². The molecule has 0 aliphatic carbocycles. The lowest BCUT2D eigenvalue weighted by Gasteiger charge is -2.08. The number of hydrogen-bond donors (Lipinski definition) is 2. The summed E-state index contributed by atoms with van der Waals surface area (Å²) >= 11 is 0. The molecule has 4 N–H and O–H groups in total. The number of methoxy groups -OCH3 is 1. The van der Waals surface area contributed by atoms with Crippen LogP contribution in [0.4, 0.5) is 5.82 Å². The normalized spacial score (nSPS) is 12.1. The van der Waals surface area contributed by atoms with Crippen LogP contribution in [-0.4, -0.2) is 24.1 Å². The van der Waals surface area contributed by atoms with Gasteiger partial charge in [-0.15, -0.1) is 0 Å². The summed E-state index contributed by atoms with van der Waals surface area (Å²) in [6, 6.07) is 4.52. The second-order valence-electron chi connectivity index (χ2n) is 2.89. The van der Waals surface area contributed by atoms with Crippen LogP contribution in [0.5, 0.6) is 0 Å². The molecule has 0 bridgehead atoms. The highest BCUT2D eigenvalue weighted by Gasteiger charge is 2.14. The average molecular weight is 195 g/mol. The Labute approximate surface area is 82.1 Å². The number of ether oxygens (including phenoxy) is 1. The van der Waals surface area contributed by atoms with E-state index in [0.717, 1.165) is 0 Å². The largest absolute Gasteiger partial charge is 0.468 e. The molecular formula is C9H13N3O2.